The summed E-state index contributed by atoms with van der Waals surface area (Å²) in [4.78, 5) is 19.0. The molecule has 0 spiro atoms. The Bertz CT molecular complexity index is 893. The van der Waals surface area contributed by atoms with Crippen LogP contribution in [0.1, 0.15) is 31.9 Å². The number of fused-ring (bicyclic) bond motifs is 1. The van der Waals surface area contributed by atoms with Crippen molar-refractivity contribution in [2.24, 2.45) is 0 Å². The van der Waals surface area contributed by atoms with Crippen molar-refractivity contribution in [3.63, 3.8) is 0 Å². The number of imidazole rings is 1. The third-order valence-corrected chi connectivity index (χ3v) is 4.83. The maximum atomic E-state index is 9.65. The number of nitrogens with zero attached hydrogens (tertiary/aromatic N) is 4. The summed E-state index contributed by atoms with van der Waals surface area (Å²) in [6, 6.07) is 8.15. The van der Waals surface area contributed by atoms with E-state index in [1.54, 1.807) is 6.33 Å². The molecule has 3 N–H and O–H groups in total. The Morgan fingerprint density at radius 2 is 2.23 bits per heavy atom. The standard InChI is InChI=1S/C19H24N6O/c1-2-4-13-10-18(25-8-3-5-15(25)11-26)24-19(22-13)23-14-6-7-16-17(9-14)21-12-20-16/h6-7,9-10,12,15,26H,2-5,8,11H2,1H3,(H,20,21)(H,22,23,24). The van der Waals surface area contributed by atoms with E-state index in [0.717, 1.165) is 60.5 Å². The average Bonchev–Trinajstić information content (AvgIpc) is 3.30. The summed E-state index contributed by atoms with van der Waals surface area (Å²) in [5, 5.41) is 13.0. The first kappa shape index (κ1) is 16.8. The molecule has 1 aliphatic heterocycles. The largest absolute Gasteiger partial charge is 0.394 e. The van der Waals surface area contributed by atoms with E-state index < -0.39 is 0 Å². The van der Waals surface area contributed by atoms with Gasteiger partial charge in [-0.05, 0) is 37.5 Å². The van der Waals surface area contributed by atoms with E-state index >= 15 is 0 Å². The van der Waals surface area contributed by atoms with Crippen LogP contribution >= 0.6 is 0 Å². The number of hydrogen-bond acceptors (Lipinski definition) is 6. The molecule has 0 amide bonds. The molecule has 2 aromatic heterocycles. The molecule has 7 heteroatoms. The number of hydrogen-bond donors (Lipinski definition) is 3. The number of aryl methyl sites for hydroxylation is 1. The topological polar surface area (TPSA) is 90.0 Å². The predicted octanol–water partition coefficient (Wildman–Crippen LogP) is 3.01. The molecule has 7 nitrogen and oxygen atoms in total. The van der Waals surface area contributed by atoms with E-state index in [1.165, 1.54) is 0 Å². The van der Waals surface area contributed by atoms with Crippen LogP contribution in [0.4, 0.5) is 17.5 Å². The number of aliphatic hydroxyl groups is 1. The lowest BCUT2D eigenvalue weighted by Crippen LogP contribution is -2.33. The minimum Gasteiger partial charge on any atom is -0.394 e. The number of rotatable bonds is 6. The Morgan fingerprint density at radius 1 is 1.31 bits per heavy atom. The molecule has 136 valence electrons. The smallest absolute Gasteiger partial charge is 0.229 e. The second-order valence-corrected chi connectivity index (χ2v) is 6.72. The molecule has 1 aromatic carbocycles. The van der Waals surface area contributed by atoms with Gasteiger partial charge in [-0.15, -0.1) is 0 Å². The quantitative estimate of drug-likeness (QED) is 0.632. The van der Waals surface area contributed by atoms with Crippen LogP contribution in [0.3, 0.4) is 0 Å². The normalized spacial score (nSPS) is 17.2. The first-order valence-electron chi connectivity index (χ1n) is 9.22. The van der Waals surface area contributed by atoms with Gasteiger partial charge >= 0.3 is 0 Å². The van der Waals surface area contributed by atoms with Gasteiger partial charge < -0.3 is 20.3 Å². The summed E-state index contributed by atoms with van der Waals surface area (Å²) >= 11 is 0. The van der Waals surface area contributed by atoms with Crippen LogP contribution in [0.15, 0.2) is 30.6 Å². The minimum atomic E-state index is 0.147. The second kappa shape index (κ2) is 7.29. The van der Waals surface area contributed by atoms with Gasteiger partial charge in [-0.2, -0.15) is 4.98 Å². The molecule has 3 heterocycles. The van der Waals surface area contributed by atoms with Gasteiger partial charge in [-0.1, -0.05) is 13.3 Å². The minimum absolute atomic E-state index is 0.147. The number of aromatic amines is 1. The lowest BCUT2D eigenvalue weighted by atomic mass is 10.2. The predicted molar refractivity (Wildman–Crippen MR) is 103 cm³/mol. The van der Waals surface area contributed by atoms with Crippen LogP contribution in [-0.2, 0) is 6.42 Å². The average molecular weight is 352 g/mol. The van der Waals surface area contributed by atoms with Crippen molar-refractivity contribution in [1.82, 2.24) is 19.9 Å². The molecular formula is C19H24N6O. The van der Waals surface area contributed by atoms with Crippen LogP contribution in [-0.4, -0.2) is 44.2 Å². The zero-order valence-corrected chi connectivity index (χ0v) is 14.9. The molecular weight excluding hydrogens is 328 g/mol. The molecule has 1 saturated heterocycles. The highest BCUT2D eigenvalue weighted by Crippen LogP contribution is 2.26. The van der Waals surface area contributed by atoms with Crippen molar-refractivity contribution in [3.05, 3.63) is 36.3 Å². The zero-order chi connectivity index (χ0) is 17.9. The van der Waals surface area contributed by atoms with Gasteiger partial charge in [0.25, 0.3) is 0 Å². The molecule has 0 saturated carbocycles. The van der Waals surface area contributed by atoms with Crippen LogP contribution in [0.5, 0.6) is 0 Å². The highest BCUT2D eigenvalue weighted by Gasteiger charge is 2.25. The first-order valence-corrected chi connectivity index (χ1v) is 9.22. The molecule has 4 rings (SSSR count). The van der Waals surface area contributed by atoms with E-state index in [0.29, 0.717) is 5.95 Å². The second-order valence-electron chi connectivity index (χ2n) is 6.72. The summed E-state index contributed by atoms with van der Waals surface area (Å²) in [6.45, 7) is 3.23. The van der Waals surface area contributed by atoms with Crippen LogP contribution < -0.4 is 10.2 Å². The number of aliphatic hydroxyl groups excluding tert-OH is 1. The molecule has 0 radical (unpaired) electrons. The highest BCUT2D eigenvalue weighted by atomic mass is 16.3. The summed E-state index contributed by atoms with van der Waals surface area (Å²) in [6.07, 6.45) is 5.70. The number of anilines is 3. The third-order valence-electron chi connectivity index (χ3n) is 4.83. The lowest BCUT2D eigenvalue weighted by molar-refractivity contribution is 0.266. The number of H-pyrrole nitrogens is 1. The van der Waals surface area contributed by atoms with Crippen molar-refractivity contribution in [1.29, 1.82) is 0 Å². The molecule has 1 atom stereocenters. The van der Waals surface area contributed by atoms with Crippen molar-refractivity contribution in [2.75, 3.05) is 23.4 Å². The summed E-state index contributed by atoms with van der Waals surface area (Å²) < 4.78 is 0. The van der Waals surface area contributed by atoms with Crippen molar-refractivity contribution < 1.29 is 5.11 Å². The molecule has 26 heavy (non-hydrogen) atoms. The van der Waals surface area contributed by atoms with Gasteiger partial charge in [0, 0.05) is 24.0 Å². The maximum absolute atomic E-state index is 9.65. The Hall–Kier alpha value is -2.67. The summed E-state index contributed by atoms with van der Waals surface area (Å²) in [5.41, 5.74) is 3.84. The van der Waals surface area contributed by atoms with E-state index in [-0.39, 0.29) is 12.6 Å². The summed E-state index contributed by atoms with van der Waals surface area (Å²) in [7, 11) is 0. The van der Waals surface area contributed by atoms with Gasteiger partial charge in [0.1, 0.15) is 5.82 Å². The SMILES string of the molecule is CCCc1cc(N2CCCC2CO)nc(Nc2ccc3nc[nH]c3c2)n1. The highest BCUT2D eigenvalue weighted by molar-refractivity contribution is 5.79. The van der Waals surface area contributed by atoms with Gasteiger partial charge in [-0.25, -0.2) is 9.97 Å². The number of benzene rings is 1. The first-order chi connectivity index (χ1) is 12.8. The zero-order valence-electron chi connectivity index (χ0n) is 14.9. The van der Waals surface area contributed by atoms with Crippen LogP contribution in [0, 0.1) is 0 Å². The molecule has 0 aliphatic carbocycles. The molecule has 0 bridgehead atoms. The monoisotopic (exact) mass is 352 g/mol. The van der Waals surface area contributed by atoms with Gasteiger partial charge in [0.15, 0.2) is 0 Å². The molecule has 3 aromatic rings. The molecule has 1 unspecified atom stereocenters. The maximum Gasteiger partial charge on any atom is 0.229 e. The van der Waals surface area contributed by atoms with E-state index in [1.807, 2.05) is 18.2 Å². The number of aromatic nitrogens is 4. The third kappa shape index (κ3) is 3.35. The van der Waals surface area contributed by atoms with Gasteiger partial charge in [-0.3, -0.25) is 0 Å². The Balaban J connectivity index is 1.65. The molecule has 1 aliphatic rings. The van der Waals surface area contributed by atoms with Crippen molar-refractivity contribution in [2.45, 2.75) is 38.6 Å². The van der Waals surface area contributed by atoms with Crippen LogP contribution in [0.25, 0.3) is 11.0 Å². The fourth-order valence-corrected chi connectivity index (χ4v) is 3.54. The van der Waals surface area contributed by atoms with E-state index in [2.05, 4.69) is 38.2 Å². The lowest BCUT2D eigenvalue weighted by Gasteiger charge is -2.25. The molecule has 1 fully saturated rings. The Labute approximate surface area is 152 Å². The van der Waals surface area contributed by atoms with Crippen molar-refractivity contribution >= 4 is 28.5 Å². The fraction of sp³-hybridized carbons (Fsp3) is 0.421. The Morgan fingerprint density at radius 3 is 3.08 bits per heavy atom. The van der Waals surface area contributed by atoms with Gasteiger partial charge in [0.05, 0.1) is 30.0 Å². The van der Waals surface area contributed by atoms with E-state index in [9.17, 15) is 5.11 Å². The fourth-order valence-electron chi connectivity index (χ4n) is 3.54. The van der Waals surface area contributed by atoms with E-state index in [4.69, 9.17) is 4.98 Å². The van der Waals surface area contributed by atoms with Crippen molar-refractivity contribution in [3.8, 4) is 0 Å². The van der Waals surface area contributed by atoms with Crippen LogP contribution in [0.2, 0.25) is 0 Å². The Kier molecular flexibility index (Phi) is 4.71. The summed E-state index contributed by atoms with van der Waals surface area (Å²) in [5.74, 6) is 1.48. The van der Waals surface area contributed by atoms with Gasteiger partial charge in [0.2, 0.25) is 5.95 Å². The number of nitrogens with one attached hydrogen (secondary N) is 2.